The van der Waals surface area contributed by atoms with E-state index < -0.39 is 11.6 Å². The zero-order valence-electron chi connectivity index (χ0n) is 17.3. The van der Waals surface area contributed by atoms with Gasteiger partial charge in [0, 0.05) is 25.2 Å². The quantitative estimate of drug-likeness (QED) is 0.700. The van der Waals surface area contributed by atoms with Gasteiger partial charge in [-0.1, -0.05) is 31.4 Å². The fourth-order valence-electron chi connectivity index (χ4n) is 4.37. The lowest BCUT2D eigenvalue weighted by atomic mass is 9.81. The van der Waals surface area contributed by atoms with Crippen LogP contribution in [-0.2, 0) is 20.9 Å². The molecular weight excluding hydrogens is 384 g/mol. The molecule has 1 spiro atoms. The van der Waals surface area contributed by atoms with E-state index in [2.05, 4.69) is 10.6 Å². The number of likely N-dealkylation sites (N-methyl/N-ethyl adjacent to an activating group) is 1. The summed E-state index contributed by atoms with van der Waals surface area (Å²) in [6.07, 6.45) is 6.14. The van der Waals surface area contributed by atoms with Gasteiger partial charge in [-0.25, -0.2) is 4.79 Å². The highest BCUT2D eigenvalue weighted by Gasteiger charge is 2.55. The van der Waals surface area contributed by atoms with Crippen LogP contribution >= 0.6 is 0 Å². The van der Waals surface area contributed by atoms with Crippen molar-refractivity contribution < 1.29 is 19.2 Å². The standard InChI is InChI=1S/C22H28N4O4/c1-25-21(30)26(20(29)22(25)11-3-2-4-12-22)14-18(27)23-13-15-5-9-17(10-6-15)24-19(28)16-7-8-16/h5-6,9-10,16H,2-4,7-8,11-14H2,1H3,(H,23,27)(H,24,28). The third kappa shape index (κ3) is 3.91. The van der Waals surface area contributed by atoms with Gasteiger partial charge in [0.1, 0.15) is 12.1 Å². The molecule has 1 aliphatic heterocycles. The van der Waals surface area contributed by atoms with Gasteiger partial charge in [0.25, 0.3) is 5.91 Å². The maximum atomic E-state index is 12.9. The molecule has 1 heterocycles. The molecule has 3 aliphatic rings. The molecule has 30 heavy (non-hydrogen) atoms. The molecule has 1 aromatic rings. The molecule has 1 aromatic carbocycles. The largest absolute Gasteiger partial charge is 0.350 e. The van der Waals surface area contributed by atoms with Crippen molar-refractivity contribution in [1.82, 2.24) is 15.1 Å². The number of benzene rings is 1. The van der Waals surface area contributed by atoms with E-state index in [0.717, 1.165) is 48.3 Å². The number of imide groups is 1. The first-order chi connectivity index (χ1) is 14.4. The molecule has 3 fully saturated rings. The normalized spacial score (nSPS) is 20.6. The summed E-state index contributed by atoms with van der Waals surface area (Å²) in [5.41, 5.74) is 0.833. The molecule has 2 N–H and O–H groups in total. The van der Waals surface area contributed by atoms with Crippen LogP contribution in [0.1, 0.15) is 50.5 Å². The summed E-state index contributed by atoms with van der Waals surface area (Å²) < 4.78 is 0. The van der Waals surface area contributed by atoms with Crippen LogP contribution in [0.15, 0.2) is 24.3 Å². The Kier molecular flexibility index (Phi) is 5.49. The van der Waals surface area contributed by atoms with Crippen molar-refractivity contribution in [2.24, 2.45) is 5.92 Å². The van der Waals surface area contributed by atoms with E-state index >= 15 is 0 Å². The molecule has 0 aromatic heterocycles. The van der Waals surface area contributed by atoms with Crippen LogP contribution in [0.5, 0.6) is 0 Å². The molecule has 160 valence electrons. The average molecular weight is 412 g/mol. The first-order valence-corrected chi connectivity index (χ1v) is 10.7. The number of carbonyl (C=O) groups excluding carboxylic acids is 4. The Bertz CT molecular complexity index is 856. The maximum absolute atomic E-state index is 12.9. The van der Waals surface area contributed by atoms with Crippen LogP contribution < -0.4 is 10.6 Å². The molecular formula is C22H28N4O4. The highest BCUT2D eigenvalue weighted by Crippen LogP contribution is 2.39. The lowest BCUT2D eigenvalue weighted by molar-refractivity contribution is -0.137. The summed E-state index contributed by atoms with van der Waals surface area (Å²) in [6.45, 7) is 0.0200. The summed E-state index contributed by atoms with van der Waals surface area (Å²) in [4.78, 5) is 52.3. The van der Waals surface area contributed by atoms with E-state index in [-0.39, 0.29) is 36.7 Å². The molecule has 2 aliphatic carbocycles. The number of hydrogen-bond acceptors (Lipinski definition) is 4. The third-order valence-electron chi connectivity index (χ3n) is 6.44. The smallest absolute Gasteiger partial charge is 0.327 e. The molecule has 5 amide bonds. The second-order valence-corrected chi connectivity index (χ2v) is 8.56. The Labute approximate surface area is 176 Å². The Morgan fingerprint density at radius 2 is 1.73 bits per heavy atom. The fraction of sp³-hybridized carbons (Fsp3) is 0.545. The molecule has 0 radical (unpaired) electrons. The summed E-state index contributed by atoms with van der Waals surface area (Å²) in [5, 5.41) is 5.64. The molecule has 8 nitrogen and oxygen atoms in total. The van der Waals surface area contributed by atoms with Gasteiger partial charge in [-0.05, 0) is 43.4 Å². The Morgan fingerprint density at radius 1 is 1.07 bits per heavy atom. The average Bonchev–Trinajstić information content (AvgIpc) is 3.59. The minimum Gasteiger partial charge on any atom is -0.350 e. The SMILES string of the molecule is CN1C(=O)N(CC(=O)NCc2ccc(NC(=O)C3CC3)cc2)C(=O)C12CCCCC2. The van der Waals surface area contributed by atoms with E-state index in [9.17, 15) is 19.2 Å². The number of urea groups is 1. The number of carbonyl (C=O) groups is 4. The van der Waals surface area contributed by atoms with Crippen LogP contribution in [0.4, 0.5) is 10.5 Å². The summed E-state index contributed by atoms with van der Waals surface area (Å²) >= 11 is 0. The van der Waals surface area contributed by atoms with Crippen molar-refractivity contribution >= 4 is 29.4 Å². The van der Waals surface area contributed by atoms with Crippen LogP contribution in [0.2, 0.25) is 0 Å². The molecule has 8 heteroatoms. The third-order valence-corrected chi connectivity index (χ3v) is 6.44. The first-order valence-electron chi connectivity index (χ1n) is 10.7. The van der Waals surface area contributed by atoms with Crippen LogP contribution in [0.3, 0.4) is 0 Å². The number of nitrogens with zero attached hydrogens (tertiary/aromatic N) is 2. The molecule has 0 atom stereocenters. The van der Waals surface area contributed by atoms with Gasteiger partial charge in [0.2, 0.25) is 11.8 Å². The molecule has 1 saturated heterocycles. The maximum Gasteiger partial charge on any atom is 0.327 e. The predicted molar refractivity (Wildman–Crippen MR) is 110 cm³/mol. The molecule has 2 saturated carbocycles. The van der Waals surface area contributed by atoms with E-state index in [1.54, 1.807) is 19.2 Å². The van der Waals surface area contributed by atoms with Crippen molar-refractivity contribution in [3.8, 4) is 0 Å². The highest BCUT2D eigenvalue weighted by molar-refractivity contribution is 6.09. The van der Waals surface area contributed by atoms with Crippen molar-refractivity contribution in [3.63, 3.8) is 0 Å². The predicted octanol–water partition coefficient (Wildman–Crippen LogP) is 2.25. The van der Waals surface area contributed by atoms with E-state index in [1.807, 2.05) is 12.1 Å². The van der Waals surface area contributed by atoms with Gasteiger partial charge in [0.15, 0.2) is 0 Å². The van der Waals surface area contributed by atoms with Crippen molar-refractivity contribution in [3.05, 3.63) is 29.8 Å². The van der Waals surface area contributed by atoms with Gasteiger partial charge in [-0.2, -0.15) is 0 Å². The van der Waals surface area contributed by atoms with Crippen LogP contribution in [0.25, 0.3) is 0 Å². The molecule has 0 bridgehead atoms. The van der Waals surface area contributed by atoms with Gasteiger partial charge >= 0.3 is 6.03 Å². The number of nitrogens with one attached hydrogen (secondary N) is 2. The number of amides is 5. The van der Waals surface area contributed by atoms with E-state index in [4.69, 9.17) is 0 Å². The zero-order chi connectivity index (χ0) is 21.3. The monoisotopic (exact) mass is 412 g/mol. The summed E-state index contributed by atoms with van der Waals surface area (Å²) in [7, 11) is 1.66. The summed E-state index contributed by atoms with van der Waals surface area (Å²) in [5.74, 6) is -0.423. The number of rotatable bonds is 6. The fourth-order valence-corrected chi connectivity index (χ4v) is 4.37. The van der Waals surface area contributed by atoms with E-state index in [0.29, 0.717) is 12.8 Å². The summed E-state index contributed by atoms with van der Waals surface area (Å²) in [6, 6.07) is 6.88. The Balaban J connectivity index is 1.29. The Hall–Kier alpha value is -2.90. The topological polar surface area (TPSA) is 98.8 Å². The lowest BCUT2D eigenvalue weighted by Crippen LogP contribution is -2.49. The van der Waals surface area contributed by atoms with Crippen molar-refractivity contribution in [1.29, 1.82) is 0 Å². The van der Waals surface area contributed by atoms with Gasteiger partial charge in [-0.15, -0.1) is 0 Å². The van der Waals surface area contributed by atoms with Gasteiger partial charge < -0.3 is 15.5 Å². The van der Waals surface area contributed by atoms with E-state index in [1.165, 1.54) is 4.90 Å². The van der Waals surface area contributed by atoms with Crippen LogP contribution in [0, 0.1) is 5.92 Å². The van der Waals surface area contributed by atoms with Crippen molar-refractivity contribution in [2.75, 3.05) is 18.9 Å². The van der Waals surface area contributed by atoms with Gasteiger partial charge in [0.05, 0.1) is 0 Å². The molecule has 0 unspecified atom stereocenters. The van der Waals surface area contributed by atoms with Crippen molar-refractivity contribution in [2.45, 2.75) is 57.0 Å². The lowest BCUT2D eigenvalue weighted by Gasteiger charge is -2.35. The number of hydrogen-bond donors (Lipinski definition) is 2. The highest BCUT2D eigenvalue weighted by atomic mass is 16.2. The van der Waals surface area contributed by atoms with Crippen LogP contribution in [-0.4, -0.2) is 52.7 Å². The second-order valence-electron chi connectivity index (χ2n) is 8.56. The minimum atomic E-state index is -0.768. The second kappa shape index (κ2) is 8.08. The zero-order valence-corrected chi connectivity index (χ0v) is 17.3. The Morgan fingerprint density at radius 3 is 2.37 bits per heavy atom. The van der Waals surface area contributed by atoms with Gasteiger partial charge in [-0.3, -0.25) is 19.3 Å². The first kappa shape index (κ1) is 20.4. The molecule has 4 rings (SSSR count). The number of anilines is 1. The minimum absolute atomic E-state index is 0.0525.